The molecular formula is C17H21N3O2. The molecule has 5 nitrogen and oxygen atoms in total. The molecule has 22 heavy (non-hydrogen) atoms. The average molecular weight is 299 g/mol. The Kier molecular flexibility index (Phi) is 4.24. The Morgan fingerprint density at radius 1 is 1.32 bits per heavy atom. The molecule has 0 unspecified atom stereocenters. The molecule has 1 N–H and O–H groups in total. The summed E-state index contributed by atoms with van der Waals surface area (Å²) in [6.45, 7) is 0.623. The van der Waals surface area contributed by atoms with Crippen molar-refractivity contribution in [2.24, 2.45) is 7.05 Å². The van der Waals surface area contributed by atoms with Crippen LogP contribution in [0.15, 0.2) is 42.7 Å². The monoisotopic (exact) mass is 299 g/mol. The lowest BCUT2D eigenvalue weighted by molar-refractivity contribution is -0.132. The zero-order chi connectivity index (χ0) is 15.5. The summed E-state index contributed by atoms with van der Waals surface area (Å²) < 4.78 is 1.74. The van der Waals surface area contributed by atoms with Crippen LogP contribution >= 0.6 is 0 Å². The average Bonchev–Trinajstić information content (AvgIpc) is 3.07. The molecule has 0 aliphatic carbocycles. The molecule has 1 aliphatic heterocycles. The van der Waals surface area contributed by atoms with E-state index in [0.29, 0.717) is 25.8 Å². The minimum Gasteiger partial charge on any atom is -0.391 e. The van der Waals surface area contributed by atoms with Crippen molar-refractivity contribution in [1.29, 1.82) is 0 Å². The Labute approximate surface area is 130 Å². The number of carbonyl (C=O) groups is 1. The second-order valence-corrected chi connectivity index (χ2v) is 5.90. The van der Waals surface area contributed by atoms with Crippen molar-refractivity contribution in [3.8, 4) is 0 Å². The molecule has 0 bridgehead atoms. The van der Waals surface area contributed by atoms with Crippen LogP contribution in [0.1, 0.15) is 17.5 Å². The van der Waals surface area contributed by atoms with Gasteiger partial charge in [-0.2, -0.15) is 5.10 Å². The largest absolute Gasteiger partial charge is 0.391 e. The number of nitrogens with zero attached hydrogens (tertiary/aromatic N) is 3. The zero-order valence-corrected chi connectivity index (χ0v) is 12.7. The molecule has 2 heterocycles. The fraction of sp³-hybridized carbons (Fsp3) is 0.412. The maximum absolute atomic E-state index is 12.6. The highest BCUT2D eigenvalue weighted by Crippen LogP contribution is 2.22. The normalized spacial score (nSPS) is 21.3. The fourth-order valence-corrected chi connectivity index (χ4v) is 3.08. The number of likely N-dealkylation sites (tertiary alicyclic amines) is 1. The van der Waals surface area contributed by atoms with Crippen LogP contribution in [-0.4, -0.2) is 44.4 Å². The molecular weight excluding hydrogens is 278 g/mol. The molecule has 116 valence electrons. The molecule has 1 fully saturated rings. The van der Waals surface area contributed by atoms with Gasteiger partial charge in [0.2, 0.25) is 5.91 Å². The number of benzene rings is 1. The standard InChI is InChI=1S/C17H21N3O2/c1-19-12-14(11-18-19)9-15-16(21)7-8-20(15)17(22)10-13-5-3-2-4-6-13/h2-6,11-12,15-16,21H,7-10H2,1H3/t15-,16+/m0/s1. The number of amides is 1. The van der Waals surface area contributed by atoms with Crippen LogP contribution in [0.25, 0.3) is 0 Å². The first kappa shape index (κ1) is 14.8. The van der Waals surface area contributed by atoms with Crippen molar-refractivity contribution in [3.05, 3.63) is 53.9 Å². The van der Waals surface area contributed by atoms with Gasteiger partial charge in [0, 0.05) is 19.8 Å². The highest BCUT2D eigenvalue weighted by molar-refractivity contribution is 5.79. The summed E-state index contributed by atoms with van der Waals surface area (Å²) in [6, 6.07) is 9.59. The van der Waals surface area contributed by atoms with E-state index < -0.39 is 6.10 Å². The Bertz CT molecular complexity index is 638. The second kappa shape index (κ2) is 6.32. The smallest absolute Gasteiger partial charge is 0.227 e. The summed E-state index contributed by atoms with van der Waals surface area (Å²) in [4.78, 5) is 14.4. The number of hydrogen-bond donors (Lipinski definition) is 1. The van der Waals surface area contributed by atoms with E-state index in [9.17, 15) is 9.90 Å². The number of aromatic nitrogens is 2. The van der Waals surface area contributed by atoms with Gasteiger partial charge >= 0.3 is 0 Å². The Morgan fingerprint density at radius 2 is 2.09 bits per heavy atom. The molecule has 0 spiro atoms. The van der Waals surface area contributed by atoms with Gasteiger partial charge < -0.3 is 10.0 Å². The summed E-state index contributed by atoms with van der Waals surface area (Å²) in [7, 11) is 1.87. The van der Waals surface area contributed by atoms with Gasteiger partial charge in [0.15, 0.2) is 0 Å². The van der Waals surface area contributed by atoms with E-state index in [0.717, 1.165) is 11.1 Å². The molecule has 3 rings (SSSR count). The molecule has 1 aromatic heterocycles. The van der Waals surface area contributed by atoms with Crippen LogP contribution in [0.2, 0.25) is 0 Å². The summed E-state index contributed by atoms with van der Waals surface area (Å²) >= 11 is 0. The molecule has 1 aromatic carbocycles. The minimum atomic E-state index is -0.458. The second-order valence-electron chi connectivity index (χ2n) is 5.90. The summed E-state index contributed by atoms with van der Waals surface area (Å²) in [6.07, 6.45) is 4.95. The van der Waals surface area contributed by atoms with E-state index in [2.05, 4.69) is 5.10 Å². The third-order valence-electron chi connectivity index (χ3n) is 4.23. The van der Waals surface area contributed by atoms with E-state index in [4.69, 9.17) is 0 Å². The van der Waals surface area contributed by atoms with Crippen LogP contribution in [0, 0.1) is 0 Å². The molecule has 5 heteroatoms. The molecule has 0 saturated carbocycles. The third kappa shape index (κ3) is 3.20. The highest BCUT2D eigenvalue weighted by Gasteiger charge is 2.35. The lowest BCUT2D eigenvalue weighted by Gasteiger charge is -2.26. The number of aliphatic hydroxyl groups excluding tert-OH is 1. The maximum Gasteiger partial charge on any atom is 0.227 e. The maximum atomic E-state index is 12.6. The van der Waals surface area contributed by atoms with Crippen molar-refractivity contribution >= 4 is 5.91 Å². The molecule has 1 saturated heterocycles. The SMILES string of the molecule is Cn1cc(C[C@H]2[C@H](O)CCN2C(=O)Cc2ccccc2)cn1. The summed E-state index contributed by atoms with van der Waals surface area (Å²) in [5, 5.41) is 14.4. The molecule has 1 amide bonds. The summed E-state index contributed by atoms with van der Waals surface area (Å²) in [5.41, 5.74) is 2.06. The Morgan fingerprint density at radius 3 is 2.77 bits per heavy atom. The Hall–Kier alpha value is -2.14. The predicted molar refractivity (Wildman–Crippen MR) is 83.2 cm³/mol. The van der Waals surface area contributed by atoms with Crippen molar-refractivity contribution in [2.75, 3.05) is 6.54 Å². The minimum absolute atomic E-state index is 0.0802. The van der Waals surface area contributed by atoms with Crippen molar-refractivity contribution in [1.82, 2.24) is 14.7 Å². The quantitative estimate of drug-likeness (QED) is 0.922. The van der Waals surface area contributed by atoms with Crippen molar-refractivity contribution in [2.45, 2.75) is 31.4 Å². The topological polar surface area (TPSA) is 58.4 Å². The van der Waals surface area contributed by atoms with Crippen LogP contribution in [-0.2, 0) is 24.7 Å². The number of aryl methyl sites for hydroxylation is 1. The van der Waals surface area contributed by atoms with Gasteiger partial charge in [0.05, 0.1) is 24.8 Å². The molecule has 0 radical (unpaired) electrons. The van der Waals surface area contributed by atoms with E-state index in [1.54, 1.807) is 10.9 Å². The van der Waals surface area contributed by atoms with E-state index in [1.807, 2.05) is 48.5 Å². The summed E-state index contributed by atoms with van der Waals surface area (Å²) in [5.74, 6) is 0.0802. The molecule has 2 atom stereocenters. The lowest BCUT2D eigenvalue weighted by Crippen LogP contribution is -2.41. The number of carbonyl (C=O) groups excluding carboxylic acids is 1. The lowest BCUT2D eigenvalue weighted by atomic mass is 10.0. The van der Waals surface area contributed by atoms with Gasteiger partial charge in [0.25, 0.3) is 0 Å². The number of rotatable bonds is 4. The van der Waals surface area contributed by atoms with Crippen LogP contribution in [0.3, 0.4) is 0 Å². The van der Waals surface area contributed by atoms with E-state index in [1.165, 1.54) is 0 Å². The van der Waals surface area contributed by atoms with Gasteiger partial charge in [-0.05, 0) is 24.0 Å². The van der Waals surface area contributed by atoms with Crippen LogP contribution in [0.5, 0.6) is 0 Å². The van der Waals surface area contributed by atoms with Crippen LogP contribution < -0.4 is 0 Å². The van der Waals surface area contributed by atoms with Gasteiger partial charge in [0.1, 0.15) is 0 Å². The van der Waals surface area contributed by atoms with Crippen molar-refractivity contribution in [3.63, 3.8) is 0 Å². The first-order valence-corrected chi connectivity index (χ1v) is 7.62. The third-order valence-corrected chi connectivity index (χ3v) is 4.23. The first-order chi connectivity index (χ1) is 10.6. The van der Waals surface area contributed by atoms with E-state index >= 15 is 0 Å². The predicted octanol–water partition coefficient (Wildman–Crippen LogP) is 1.17. The molecule has 1 aliphatic rings. The van der Waals surface area contributed by atoms with Crippen molar-refractivity contribution < 1.29 is 9.90 Å². The highest BCUT2D eigenvalue weighted by atomic mass is 16.3. The fourth-order valence-electron chi connectivity index (χ4n) is 3.08. The molecule has 2 aromatic rings. The Balaban J connectivity index is 1.69. The first-order valence-electron chi connectivity index (χ1n) is 7.62. The van der Waals surface area contributed by atoms with Gasteiger partial charge in [-0.3, -0.25) is 9.48 Å². The van der Waals surface area contributed by atoms with Gasteiger partial charge in [-0.1, -0.05) is 30.3 Å². The van der Waals surface area contributed by atoms with Gasteiger partial charge in [-0.15, -0.1) is 0 Å². The zero-order valence-electron chi connectivity index (χ0n) is 12.7. The number of aliphatic hydroxyl groups is 1. The van der Waals surface area contributed by atoms with Crippen LogP contribution in [0.4, 0.5) is 0 Å². The number of hydrogen-bond acceptors (Lipinski definition) is 3. The van der Waals surface area contributed by atoms with E-state index in [-0.39, 0.29) is 11.9 Å². The van der Waals surface area contributed by atoms with Gasteiger partial charge in [-0.25, -0.2) is 0 Å².